The lowest BCUT2D eigenvalue weighted by molar-refractivity contribution is -0.122. The number of nitrogens with one attached hydrogen (secondary N) is 3. The molecule has 3 N–H and O–H groups in total. The molecule has 0 spiro atoms. The monoisotopic (exact) mass is 407 g/mol. The van der Waals surface area contributed by atoms with E-state index in [9.17, 15) is 4.79 Å². The first kappa shape index (κ1) is 19.5. The molecule has 2 aromatic heterocycles. The maximum absolute atomic E-state index is 12.5. The largest absolute Gasteiger partial charge is 0.346 e. The topological polar surface area (TPSA) is 86.5 Å². The Labute approximate surface area is 173 Å². The Bertz CT molecular complexity index is 1050. The number of H-pyrrole nitrogens is 2. The minimum atomic E-state index is -0.127. The van der Waals surface area contributed by atoms with E-state index in [1.165, 1.54) is 0 Å². The number of para-hydroxylation sites is 4. The lowest BCUT2D eigenvalue weighted by Crippen LogP contribution is -2.32. The van der Waals surface area contributed by atoms with E-state index in [4.69, 9.17) is 0 Å². The maximum atomic E-state index is 12.5. The van der Waals surface area contributed by atoms with Crippen molar-refractivity contribution in [2.75, 3.05) is 5.75 Å². The molecule has 0 aliphatic heterocycles. The van der Waals surface area contributed by atoms with Crippen LogP contribution in [0.5, 0.6) is 0 Å². The molecule has 2 heterocycles. The van der Waals surface area contributed by atoms with E-state index in [0.29, 0.717) is 6.42 Å². The van der Waals surface area contributed by atoms with Crippen LogP contribution in [-0.2, 0) is 4.79 Å². The van der Waals surface area contributed by atoms with E-state index in [2.05, 4.69) is 39.1 Å². The Morgan fingerprint density at radius 1 is 1.00 bits per heavy atom. The third-order valence-electron chi connectivity index (χ3n) is 4.84. The average molecular weight is 408 g/mol. The molecule has 0 radical (unpaired) electrons. The van der Waals surface area contributed by atoms with E-state index in [-0.39, 0.29) is 17.9 Å². The number of hydrogen-bond donors (Lipinski definition) is 3. The van der Waals surface area contributed by atoms with Crippen molar-refractivity contribution in [2.45, 2.75) is 37.9 Å². The molecule has 1 amide bonds. The number of carbonyl (C=O) groups excluding carboxylic acids is 1. The summed E-state index contributed by atoms with van der Waals surface area (Å²) in [5, 5.41) is 4.05. The summed E-state index contributed by atoms with van der Waals surface area (Å²) >= 11 is 1.65. The molecule has 0 bridgehead atoms. The summed E-state index contributed by atoms with van der Waals surface area (Å²) in [6, 6.07) is 15.8. The molecule has 7 heteroatoms. The lowest BCUT2D eigenvalue weighted by Gasteiger charge is -2.20. The number of nitrogens with zero attached hydrogens (tertiary/aromatic N) is 2. The fourth-order valence-electron chi connectivity index (χ4n) is 3.32. The summed E-state index contributed by atoms with van der Waals surface area (Å²) in [5.74, 6) is 1.94. The number of imidazole rings is 2. The minimum Gasteiger partial charge on any atom is -0.346 e. The van der Waals surface area contributed by atoms with Crippen molar-refractivity contribution >= 4 is 39.7 Å². The first-order chi connectivity index (χ1) is 14.1. The number of rotatable bonds is 8. The number of thioether (sulfide) groups is 1. The molecule has 4 aromatic rings. The summed E-state index contributed by atoms with van der Waals surface area (Å²) in [7, 11) is 0. The van der Waals surface area contributed by atoms with Crippen LogP contribution in [0.4, 0.5) is 0 Å². The molecular weight excluding hydrogens is 382 g/mol. The summed E-state index contributed by atoms with van der Waals surface area (Å²) in [4.78, 5) is 28.4. The van der Waals surface area contributed by atoms with E-state index in [1.807, 2.05) is 48.5 Å². The molecule has 0 aliphatic carbocycles. The van der Waals surface area contributed by atoms with Crippen LogP contribution in [0.2, 0.25) is 0 Å². The number of amides is 1. The zero-order chi connectivity index (χ0) is 20.2. The van der Waals surface area contributed by atoms with Crippen molar-refractivity contribution in [2.24, 2.45) is 5.92 Å². The zero-order valence-electron chi connectivity index (χ0n) is 16.6. The van der Waals surface area contributed by atoms with Crippen LogP contribution in [0.1, 0.15) is 38.6 Å². The van der Waals surface area contributed by atoms with Gasteiger partial charge in [0.15, 0.2) is 5.16 Å². The second-order valence-corrected chi connectivity index (χ2v) is 8.52. The van der Waals surface area contributed by atoms with Gasteiger partial charge in [0.2, 0.25) is 5.91 Å². The van der Waals surface area contributed by atoms with Gasteiger partial charge in [0.05, 0.1) is 28.1 Å². The highest BCUT2D eigenvalue weighted by atomic mass is 32.2. The van der Waals surface area contributed by atoms with Crippen LogP contribution in [-0.4, -0.2) is 31.6 Å². The van der Waals surface area contributed by atoms with Gasteiger partial charge in [-0.3, -0.25) is 4.79 Å². The van der Waals surface area contributed by atoms with Crippen LogP contribution < -0.4 is 5.32 Å². The minimum absolute atomic E-state index is 0.0503. The standard InChI is InChI=1S/C22H25N5OS/c1-14(2)20(21-23-15-8-3-4-9-16(15)24-21)27-19(28)12-7-13-29-22-25-17-10-5-6-11-18(17)26-22/h3-6,8-11,14,20H,7,12-13H2,1-2H3,(H,23,24)(H,25,26)(H,27,28)/t20-/m0/s1. The Balaban J connectivity index is 1.30. The fraction of sp³-hybridized carbons (Fsp3) is 0.318. The highest BCUT2D eigenvalue weighted by molar-refractivity contribution is 7.99. The van der Waals surface area contributed by atoms with Gasteiger partial charge in [-0.15, -0.1) is 0 Å². The van der Waals surface area contributed by atoms with Crippen molar-refractivity contribution in [1.82, 2.24) is 25.3 Å². The Morgan fingerprint density at radius 2 is 1.66 bits per heavy atom. The van der Waals surface area contributed by atoms with Gasteiger partial charge in [-0.25, -0.2) is 9.97 Å². The van der Waals surface area contributed by atoms with E-state index in [0.717, 1.165) is 45.2 Å². The van der Waals surface area contributed by atoms with Gasteiger partial charge in [-0.05, 0) is 36.6 Å². The van der Waals surface area contributed by atoms with Gasteiger partial charge < -0.3 is 15.3 Å². The first-order valence-corrected chi connectivity index (χ1v) is 10.9. The van der Waals surface area contributed by atoms with Crippen molar-refractivity contribution < 1.29 is 4.79 Å². The molecule has 0 aliphatic rings. The predicted octanol–water partition coefficient (Wildman–Crippen LogP) is 4.83. The van der Waals surface area contributed by atoms with Gasteiger partial charge in [0.1, 0.15) is 5.82 Å². The van der Waals surface area contributed by atoms with Crippen LogP contribution in [0, 0.1) is 5.92 Å². The Morgan fingerprint density at radius 3 is 2.31 bits per heavy atom. The first-order valence-electron chi connectivity index (χ1n) is 9.91. The van der Waals surface area contributed by atoms with Gasteiger partial charge in [-0.2, -0.15) is 0 Å². The van der Waals surface area contributed by atoms with Crippen molar-refractivity contribution in [3.05, 3.63) is 54.4 Å². The molecule has 4 rings (SSSR count). The number of carbonyl (C=O) groups is 1. The third kappa shape index (κ3) is 4.62. The van der Waals surface area contributed by atoms with Crippen LogP contribution >= 0.6 is 11.8 Å². The van der Waals surface area contributed by atoms with E-state index < -0.39 is 0 Å². The summed E-state index contributed by atoms with van der Waals surface area (Å²) in [5.41, 5.74) is 3.92. The van der Waals surface area contributed by atoms with Crippen LogP contribution in [0.25, 0.3) is 22.1 Å². The smallest absolute Gasteiger partial charge is 0.220 e. The van der Waals surface area contributed by atoms with Gasteiger partial charge in [0, 0.05) is 12.2 Å². The molecule has 1 atom stereocenters. The van der Waals surface area contributed by atoms with Gasteiger partial charge in [-0.1, -0.05) is 49.9 Å². The van der Waals surface area contributed by atoms with Crippen LogP contribution in [0.15, 0.2) is 53.7 Å². The normalized spacial score (nSPS) is 12.7. The molecular formula is C22H25N5OS. The number of hydrogen-bond acceptors (Lipinski definition) is 4. The van der Waals surface area contributed by atoms with Crippen molar-refractivity contribution in [3.8, 4) is 0 Å². The molecule has 0 fully saturated rings. The lowest BCUT2D eigenvalue weighted by atomic mass is 10.0. The van der Waals surface area contributed by atoms with E-state index in [1.54, 1.807) is 11.8 Å². The molecule has 150 valence electrons. The molecule has 29 heavy (non-hydrogen) atoms. The second-order valence-electron chi connectivity index (χ2n) is 7.44. The SMILES string of the molecule is CC(C)[C@H](NC(=O)CCCSc1nc2ccccc2[nH]1)c1nc2ccccc2[nH]1. The van der Waals surface area contributed by atoms with Gasteiger partial charge in [0.25, 0.3) is 0 Å². The summed E-state index contributed by atoms with van der Waals surface area (Å²) in [6.07, 6.45) is 1.27. The molecule has 6 nitrogen and oxygen atoms in total. The predicted molar refractivity (Wildman–Crippen MR) is 118 cm³/mol. The summed E-state index contributed by atoms with van der Waals surface area (Å²) in [6.45, 7) is 4.19. The molecule has 2 aromatic carbocycles. The molecule has 0 saturated carbocycles. The average Bonchev–Trinajstić information content (AvgIpc) is 3.32. The fourth-order valence-corrected chi connectivity index (χ4v) is 4.14. The summed E-state index contributed by atoms with van der Waals surface area (Å²) < 4.78 is 0. The Hall–Kier alpha value is -2.80. The zero-order valence-corrected chi connectivity index (χ0v) is 17.4. The second kappa shape index (κ2) is 8.69. The van der Waals surface area contributed by atoms with Gasteiger partial charge >= 0.3 is 0 Å². The number of aromatic nitrogens is 4. The number of benzene rings is 2. The molecule has 0 unspecified atom stereocenters. The van der Waals surface area contributed by atoms with Crippen molar-refractivity contribution in [3.63, 3.8) is 0 Å². The maximum Gasteiger partial charge on any atom is 0.220 e. The number of aromatic amines is 2. The highest BCUT2D eigenvalue weighted by Crippen LogP contribution is 2.23. The van der Waals surface area contributed by atoms with Crippen LogP contribution in [0.3, 0.4) is 0 Å². The third-order valence-corrected chi connectivity index (χ3v) is 5.80. The number of fused-ring (bicyclic) bond motifs is 2. The highest BCUT2D eigenvalue weighted by Gasteiger charge is 2.21. The van der Waals surface area contributed by atoms with Crippen molar-refractivity contribution in [1.29, 1.82) is 0 Å². The Kier molecular flexibility index (Phi) is 5.85. The van der Waals surface area contributed by atoms with E-state index >= 15 is 0 Å². The quantitative estimate of drug-likeness (QED) is 0.289. The molecule has 0 saturated heterocycles.